The van der Waals surface area contributed by atoms with Crippen LogP contribution in [0.2, 0.25) is 0 Å². The molecule has 4 rings (SSSR count). The van der Waals surface area contributed by atoms with E-state index < -0.39 is 23.9 Å². The van der Waals surface area contributed by atoms with Crippen LogP contribution in [0.15, 0.2) is 83.9 Å². The summed E-state index contributed by atoms with van der Waals surface area (Å²) >= 11 is 0. The lowest BCUT2D eigenvalue weighted by Crippen LogP contribution is -2.44. The van der Waals surface area contributed by atoms with E-state index in [1.165, 1.54) is 24.3 Å². The number of hydrogen-bond donors (Lipinski definition) is 2. The van der Waals surface area contributed by atoms with Crippen LogP contribution in [0.3, 0.4) is 0 Å². The van der Waals surface area contributed by atoms with E-state index in [1.807, 2.05) is 30.3 Å². The van der Waals surface area contributed by atoms with Crippen LogP contribution in [0.4, 0.5) is 8.78 Å². The number of hydrogen-bond acceptors (Lipinski definition) is 3. The molecular formula is C27H24F2N2O2. The van der Waals surface area contributed by atoms with Gasteiger partial charge >= 0.3 is 0 Å². The Morgan fingerprint density at radius 3 is 2.45 bits per heavy atom. The number of carbonyl (C=O) groups is 1. The second-order valence-electron chi connectivity index (χ2n) is 8.05. The number of aliphatic hydroxyl groups excluding tert-OH is 1. The predicted molar refractivity (Wildman–Crippen MR) is 125 cm³/mol. The lowest BCUT2D eigenvalue weighted by Gasteiger charge is -2.22. The third kappa shape index (κ3) is 5.23. The second kappa shape index (κ2) is 9.88. The molecule has 3 aromatic rings. The zero-order chi connectivity index (χ0) is 23.4. The smallest absolute Gasteiger partial charge is 0.252 e. The number of allylic oxidation sites excluding steroid dienone is 1. The molecule has 0 spiro atoms. The van der Waals surface area contributed by atoms with Crippen LogP contribution in [0, 0.1) is 11.6 Å². The standard InChI is InChI=1S/C27H24F2N2O2/c1-17(32)24(14-18-6-3-2-4-7-18)31-27(33)22-8-5-9-23(29)26(22)25-15-20(16-30-25)19-10-12-21(28)13-11-19/h2-13,15,17,24,32H,14,16H2,1H3,(H,31,33)/t17-,24-/m1/s1. The summed E-state index contributed by atoms with van der Waals surface area (Å²) in [7, 11) is 0. The highest BCUT2D eigenvalue weighted by molar-refractivity contribution is 6.19. The van der Waals surface area contributed by atoms with E-state index in [2.05, 4.69) is 10.3 Å². The van der Waals surface area contributed by atoms with E-state index in [0.717, 1.165) is 16.7 Å². The topological polar surface area (TPSA) is 61.7 Å². The Balaban J connectivity index is 1.60. The number of halogens is 2. The summed E-state index contributed by atoms with van der Waals surface area (Å²) in [5.41, 5.74) is 3.17. The van der Waals surface area contributed by atoms with Gasteiger partial charge in [0.2, 0.25) is 0 Å². The average Bonchev–Trinajstić information content (AvgIpc) is 3.29. The number of nitrogens with one attached hydrogen (secondary N) is 1. The van der Waals surface area contributed by atoms with E-state index in [9.17, 15) is 18.7 Å². The van der Waals surface area contributed by atoms with Crippen molar-refractivity contribution in [2.75, 3.05) is 6.54 Å². The number of rotatable bonds is 7. The first kappa shape index (κ1) is 22.6. The van der Waals surface area contributed by atoms with Gasteiger partial charge < -0.3 is 10.4 Å². The minimum Gasteiger partial charge on any atom is -0.391 e. The lowest BCUT2D eigenvalue weighted by atomic mass is 9.98. The Bertz CT molecular complexity index is 1200. The van der Waals surface area contributed by atoms with Crippen molar-refractivity contribution in [3.63, 3.8) is 0 Å². The summed E-state index contributed by atoms with van der Waals surface area (Å²) in [6.45, 7) is 1.92. The van der Waals surface area contributed by atoms with Crippen molar-refractivity contribution >= 4 is 17.2 Å². The first-order chi connectivity index (χ1) is 15.9. The van der Waals surface area contributed by atoms with E-state index >= 15 is 0 Å². The highest BCUT2D eigenvalue weighted by Crippen LogP contribution is 2.25. The number of carbonyl (C=O) groups excluding carboxylic acids is 1. The minimum absolute atomic E-state index is 0.108. The highest BCUT2D eigenvalue weighted by Gasteiger charge is 2.25. The molecule has 3 aromatic carbocycles. The lowest BCUT2D eigenvalue weighted by molar-refractivity contribution is 0.0858. The summed E-state index contributed by atoms with van der Waals surface area (Å²) < 4.78 is 28.1. The molecule has 0 fully saturated rings. The molecule has 0 radical (unpaired) electrons. The Hall–Kier alpha value is -3.64. The summed E-state index contributed by atoms with van der Waals surface area (Å²) in [6.07, 6.45) is 1.35. The first-order valence-corrected chi connectivity index (χ1v) is 10.7. The second-order valence-corrected chi connectivity index (χ2v) is 8.05. The molecule has 168 valence electrons. The molecule has 1 aliphatic rings. The van der Waals surface area contributed by atoms with Crippen molar-refractivity contribution in [1.82, 2.24) is 5.32 Å². The first-order valence-electron chi connectivity index (χ1n) is 10.7. The van der Waals surface area contributed by atoms with Crippen LogP contribution >= 0.6 is 0 Å². The van der Waals surface area contributed by atoms with Gasteiger partial charge in [-0.1, -0.05) is 48.5 Å². The normalized spacial score (nSPS) is 14.9. The van der Waals surface area contributed by atoms with Crippen LogP contribution in [0.25, 0.3) is 5.57 Å². The van der Waals surface area contributed by atoms with Crippen molar-refractivity contribution in [2.45, 2.75) is 25.5 Å². The number of amides is 1. The molecule has 0 saturated heterocycles. The molecule has 0 bridgehead atoms. The van der Waals surface area contributed by atoms with Crippen LogP contribution in [-0.4, -0.2) is 35.4 Å². The quantitative estimate of drug-likeness (QED) is 0.558. The SMILES string of the molecule is C[C@@H](O)[C@@H](Cc1ccccc1)NC(=O)c1cccc(F)c1C1=NCC(c2ccc(F)cc2)=C1. The van der Waals surface area contributed by atoms with Gasteiger partial charge in [-0.3, -0.25) is 9.79 Å². The maximum Gasteiger partial charge on any atom is 0.252 e. The highest BCUT2D eigenvalue weighted by atomic mass is 19.1. The van der Waals surface area contributed by atoms with Gasteiger partial charge in [-0.15, -0.1) is 0 Å². The van der Waals surface area contributed by atoms with E-state index in [1.54, 1.807) is 31.2 Å². The fourth-order valence-electron chi connectivity index (χ4n) is 3.85. The van der Waals surface area contributed by atoms with Gasteiger partial charge in [0, 0.05) is 5.56 Å². The average molecular weight is 446 g/mol. The van der Waals surface area contributed by atoms with Gasteiger partial charge in [0.15, 0.2) is 0 Å². The number of benzene rings is 3. The van der Waals surface area contributed by atoms with Gasteiger partial charge in [-0.2, -0.15) is 0 Å². The molecule has 1 heterocycles. The largest absolute Gasteiger partial charge is 0.391 e. The fourth-order valence-corrected chi connectivity index (χ4v) is 3.85. The van der Waals surface area contributed by atoms with Gasteiger partial charge in [-0.25, -0.2) is 8.78 Å². The van der Waals surface area contributed by atoms with Gasteiger partial charge in [-0.05, 0) is 60.4 Å². The minimum atomic E-state index is -0.806. The van der Waals surface area contributed by atoms with E-state index in [0.29, 0.717) is 18.7 Å². The van der Waals surface area contributed by atoms with Crippen LogP contribution in [0.5, 0.6) is 0 Å². The molecular weight excluding hydrogens is 422 g/mol. The maximum absolute atomic E-state index is 14.9. The zero-order valence-corrected chi connectivity index (χ0v) is 18.1. The van der Waals surface area contributed by atoms with E-state index in [-0.39, 0.29) is 16.9 Å². The molecule has 2 atom stereocenters. The summed E-state index contributed by atoms with van der Waals surface area (Å²) in [4.78, 5) is 17.6. The van der Waals surface area contributed by atoms with Crippen LogP contribution < -0.4 is 5.32 Å². The van der Waals surface area contributed by atoms with Crippen molar-refractivity contribution in [2.24, 2.45) is 4.99 Å². The molecule has 0 aliphatic carbocycles. The molecule has 4 nitrogen and oxygen atoms in total. The summed E-state index contributed by atoms with van der Waals surface area (Å²) in [5.74, 6) is -1.39. The van der Waals surface area contributed by atoms with Crippen molar-refractivity contribution < 1.29 is 18.7 Å². The molecule has 0 aromatic heterocycles. The molecule has 33 heavy (non-hydrogen) atoms. The summed E-state index contributed by atoms with van der Waals surface area (Å²) in [5, 5.41) is 13.1. The van der Waals surface area contributed by atoms with Gasteiger partial charge in [0.25, 0.3) is 5.91 Å². The Labute approximate surface area is 191 Å². The van der Waals surface area contributed by atoms with Crippen LogP contribution in [0.1, 0.15) is 34.0 Å². The van der Waals surface area contributed by atoms with Crippen molar-refractivity contribution in [1.29, 1.82) is 0 Å². The molecule has 0 saturated carbocycles. The molecule has 2 N–H and O–H groups in total. The number of nitrogens with zero attached hydrogens (tertiary/aromatic N) is 1. The molecule has 6 heteroatoms. The number of aliphatic imine (C=N–C) groups is 1. The van der Waals surface area contributed by atoms with E-state index in [4.69, 9.17) is 0 Å². The van der Waals surface area contributed by atoms with Gasteiger partial charge in [0.1, 0.15) is 11.6 Å². The monoisotopic (exact) mass is 446 g/mol. The van der Waals surface area contributed by atoms with Crippen LogP contribution in [-0.2, 0) is 6.42 Å². The fraction of sp³-hybridized carbons (Fsp3) is 0.185. The number of aliphatic hydroxyl groups is 1. The van der Waals surface area contributed by atoms with Gasteiger partial charge in [0.05, 0.1) is 30.0 Å². The molecule has 1 amide bonds. The van der Waals surface area contributed by atoms with Crippen molar-refractivity contribution in [3.8, 4) is 0 Å². The Morgan fingerprint density at radius 1 is 1.03 bits per heavy atom. The molecule has 1 aliphatic heterocycles. The zero-order valence-electron chi connectivity index (χ0n) is 18.1. The maximum atomic E-state index is 14.9. The Kier molecular flexibility index (Phi) is 6.75. The third-order valence-corrected chi connectivity index (χ3v) is 5.66. The summed E-state index contributed by atoms with van der Waals surface area (Å²) in [6, 6.07) is 19.3. The third-order valence-electron chi connectivity index (χ3n) is 5.66. The molecule has 0 unspecified atom stereocenters. The Morgan fingerprint density at radius 2 is 1.76 bits per heavy atom. The van der Waals surface area contributed by atoms with Crippen molar-refractivity contribution in [3.05, 3.63) is 113 Å². The predicted octanol–water partition coefficient (Wildman–Crippen LogP) is 4.57.